The molecule has 3 heteroatoms. The first-order valence-electron chi connectivity index (χ1n) is 6.56. The topological polar surface area (TPSA) is 52.3 Å². The van der Waals surface area contributed by atoms with Gasteiger partial charge < -0.3 is 10.5 Å². The number of benzene rings is 1. The molecule has 3 nitrogen and oxygen atoms in total. The Morgan fingerprint density at radius 1 is 1.33 bits per heavy atom. The third-order valence-corrected chi connectivity index (χ3v) is 2.93. The van der Waals surface area contributed by atoms with Crippen LogP contribution in [0.4, 0.5) is 0 Å². The van der Waals surface area contributed by atoms with Crippen LogP contribution in [-0.4, -0.2) is 18.4 Å². The number of hydrogen-bond acceptors (Lipinski definition) is 3. The molecule has 0 fully saturated rings. The van der Waals surface area contributed by atoms with Crippen LogP contribution >= 0.6 is 0 Å². The maximum Gasteiger partial charge on any atom is 0.168 e. The van der Waals surface area contributed by atoms with Gasteiger partial charge in [-0.2, -0.15) is 0 Å². The van der Waals surface area contributed by atoms with Crippen molar-refractivity contribution in [2.24, 2.45) is 11.7 Å². The zero-order chi connectivity index (χ0) is 13.5. The molecule has 0 saturated heterocycles. The van der Waals surface area contributed by atoms with Crippen LogP contribution in [0.5, 0.6) is 5.75 Å². The van der Waals surface area contributed by atoms with Gasteiger partial charge in [0, 0.05) is 12.5 Å². The maximum atomic E-state index is 12.2. The van der Waals surface area contributed by atoms with Gasteiger partial charge in [0.25, 0.3) is 0 Å². The summed E-state index contributed by atoms with van der Waals surface area (Å²) in [5.74, 6) is 1.03. The Bertz CT molecular complexity index is 388. The van der Waals surface area contributed by atoms with E-state index >= 15 is 0 Å². The van der Waals surface area contributed by atoms with Crippen molar-refractivity contribution in [1.29, 1.82) is 0 Å². The van der Waals surface area contributed by atoms with Gasteiger partial charge in [-0.1, -0.05) is 32.9 Å². The second kappa shape index (κ2) is 7.17. The normalized spacial score (nSPS) is 12.5. The molecule has 0 radical (unpaired) electrons. The van der Waals surface area contributed by atoms with Crippen LogP contribution in [0.1, 0.15) is 44.0 Å². The molecule has 1 rings (SSSR count). The van der Waals surface area contributed by atoms with E-state index in [1.807, 2.05) is 39.0 Å². The molecule has 0 aliphatic heterocycles. The lowest BCUT2D eigenvalue weighted by Crippen LogP contribution is -2.29. The number of carbonyl (C=O) groups excluding carboxylic acids is 1. The van der Waals surface area contributed by atoms with E-state index < -0.39 is 0 Å². The minimum absolute atomic E-state index is 0.0582. The zero-order valence-corrected chi connectivity index (χ0v) is 11.5. The van der Waals surface area contributed by atoms with Crippen LogP contribution in [0.25, 0.3) is 0 Å². The molecule has 1 atom stereocenters. The molecule has 100 valence electrons. The monoisotopic (exact) mass is 249 g/mol. The van der Waals surface area contributed by atoms with E-state index in [1.165, 1.54) is 0 Å². The Morgan fingerprint density at radius 3 is 2.61 bits per heavy atom. The van der Waals surface area contributed by atoms with E-state index in [0.29, 0.717) is 30.3 Å². The van der Waals surface area contributed by atoms with E-state index in [2.05, 4.69) is 0 Å². The summed E-state index contributed by atoms with van der Waals surface area (Å²) in [6.45, 7) is 6.72. The fourth-order valence-corrected chi connectivity index (χ4v) is 1.59. The molecule has 0 aliphatic carbocycles. The molecule has 0 aliphatic rings. The van der Waals surface area contributed by atoms with Crippen molar-refractivity contribution >= 4 is 5.78 Å². The summed E-state index contributed by atoms with van der Waals surface area (Å²) in [7, 11) is 0. The van der Waals surface area contributed by atoms with Crippen LogP contribution in [0, 0.1) is 5.92 Å². The van der Waals surface area contributed by atoms with E-state index in [9.17, 15) is 4.79 Å². The first-order chi connectivity index (χ1) is 8.56. The molecule has 1 unspecified atom stereocenters. The summed E-state index contributed by atoms with van der Waals surface area (Å²) in [5, 5.41) is 0. The average Bonchev–Trinajstić information content (AvgIpc) is 2.36. The Morgan fingerprint density at radius 2 is 2.00 bits per heavy atom. The van der Waals surface area contributed by atoms with Crippen molar-refractivity contribution in [2.75, 3.05) is 6.61 Å². The molecule has 0 aromatic heterocycles. The van der Waals surface area contributed by atoms with E-state index in [4.69, 9.17) is 10.5 Å². The van der Waals surface area contributed by atoms with Crippen molar-refractivity contribution in [3.05, 3.63) is 29.8 Å². The van der Waals surface area contributed by atoms with Crippen molar-refractivity contribution in [2.45, 2.75) is 39.7 Å². The SMILES string of the molecule is CCCOc1ccccc1C(=O)CC(N)C(C)C. The number of hydrogen-bond donors (Lipinski definition) is 1. The van der Waals surface area contributed by atoms with Crippen LogP contribution in [0.15, 0.2) is 24.3 Å². The minimum atomic E-state index is -0.100. The molecule has 0 heterocycles. The van der Waals surface area contributed by atoms with Crippen LogP contribution in [0.2, 0.25) is 0 Å². The van der Waals surface area contributed by atoms with E-state index in [1.54, 1.807) is 6.07 Å². The number of ether oxygens (including phenoxy) is 1. The fourth-order valence-electron chi connectivity index (χ4n) is 1.59. The summed E-state index contributed by atoms with van der Waals surface area (Å²) in [5.41, 5.74) is 6.58. The van der Waals surface area contributed by atoms with Crippen molar-refractivity contribution < 1.29 is 9.53 Å². The first kappa shape index (κ1) is 14.7. The Kier molecular flexibility index (Phi) is 5.86. The fraction of sp³-hybridized carbons (Fsp3) is 0.533. The number of nitrogens with two attached hydrogens (primary N) is 1. The van der Waals surface area contributed by atoms with Gasteiger partial charge in [-0.15, -0.1) is 0 Å². The standard InChI is InChI=1S/C15H23NO2/c1-4-9-18-15-8-6-5-7-12(15)14(17)10-13(16)11(2)3/h5-8,11,13H,4,9-10,16H2,1-3H3. The summed E-state index contributed by atoms with van der Waals surface area (Å²) in [6, 6.07) is 7.28. The quantitative estimate of drug-likeness (QED) is 0.756. The molecular weight excluding hydrogens is 226 g/mol. The van der Waals surface area contributed by atoms with Crippen LogP contribution < -0.4 is 10.5 Å². The lowest BCUT2D eigenvalue weighted by Gasteiger charge is -2.16. The van der Waals surface area contributed by atoms with Gasteiger partial charge in [-0.3, -0.25) is 4.79 Å². The average molecular weight is 249 g/mol. The van der Waals surface area contributed by atoms with Gasteiger partial charge in [-0.05, 0) is 24.5 Å². The lowest BCUT2D eigenvalue weighted by atomic mass is 9.96. The van der Waals surface area contributed by atoms with Gasteiger partial charge in [0.15, 0.2) is 5.78 Å². The number of Topliss-reactive ketones (excluding diaryl/α,β-unsaturated/α-hetero) is 1. The van der Waals surface area contributed by atoms with Gasteiger partial charge in [-0.25, -0.2) is 0 Å². The van der Waals surface area contributed by atoms with Crippen molar-refractivity contribution in [3.63, 3.8) is 0 Å². The summed E-state index contributed by atoms with van der Waals surface area (Å²) in [4.78, 5) is 12.2. The Hall–Kier alpha value is -1.35. The molecule has 2 N–H and O–H groups in total. The predicted octanol–water partition coefficient (Wildman–Crippen LogP) is 3.03. The summed E-state index contributed by atoms with van der Waals surface area (Å²) < 4.78 is 5.59. The highest BCUT2D eigenvalue weighted by atomic mass is 16.5. The van der Waals surface area contributed by atoms with E-state index in [-0.39, 0.29) is 11.8 Å². The highest BCUT2D eigenvalue weighted by Crippen LogP contribution is 2.21. The highest BCUT2D eigenvalue weighted by Gasteiger charge is 2.17. The number of rotatable bonds is 7. The van der Waals surface area contributed by atoms with Crippen LogP contribution in [-0.2, 0) is 0 Å². The molecule has 0 saturated carbocycles. The second-order valence-electron chi connectivity index (χ2n) is 4.88. The number of para-hydroxylation sites is 1. The maximum absolute atomic E-state index is 12.2. The van der Waals surface area contributed by atoms with Gasteiger partial charge >= 0.3 is 0 Å². The Balaban J connectivity index is 2.78. The molecule has 0 amide bonds. The zero-order valence-electron chi connectivity index (χ0n) is 11.5. The lowest BCUT2D eigenvalue weighted by molar-refractivity contribution is 0.0963. The van der Waals surface area contributed by atoms with Gasteiger partial charge in [0.05, 0.1) is 12.2 Å². The third kappa shape index (κ3) is 4.15. The van der Waals surface area contributed by atoms with E-state index in [0.717, 1.165) is 6.42 Å². The van der Waals surface area contributed by atoms with Gasteiger partial charge in [0.2, 0.25) is 0 Å². The molecule has 0 bridgehead atoms. The van der Waals surface area contributed by atoms with Crippen LogP contribution in [0.3, 0.4) is 0 Å². The molecule has 1 aromatic carbocycles. The number of ketones is 1. The number of carbonyl (C=O) groups is 1. The van der Waals surface area contributed by atoms with Crippen molar-refractivity contribution in [1.82, 2.24) is 0 Å². The first-order valence-corrected chi connectivity index (χ1v) is 6.56. The van der Waals surface area contributed by atoms with Crippen molar-refractivity contribution in [3.8, 4) is 5.75 Å². The summed E-state index contributed by atoms with van der Waals surface area (Å²) >= 11 is 0. The largest absolute Gasteiger partial charge is 0.493 e. The molecule has 0 spiro atoms. The molecule has 18 heavy (non-hydrogen) atoms. The Labute approximate surface area is 109 Å². The minimum Gasteiger partial charge on any atom is -0.493 e. The molecule has 1 aromatic rings. The highest BCUT2D eigenvalue weighted by molar-refractivity contribution is 5.99. The van der Waals surface area contributed by atoms with Gasteiger partial charge in [0.1, 0.15) is 5.75 Å². The smallest absolute Gasteiger partial charge is 0.168 e. The third-order valence-electron chi connectivity index (χ3n) is 2.93. The molecular formula is C15H23NO2. The predicted molar refractivity (Wildman–Crippen MR) is 74.0 cm³/mol. The summed E-state index contributed by atoms with van der Waals surface area (Å²) in [6.07, 6.45) is 1.29. The second-order valence-corrected chi connectivity index (χ2v) is 4.88.